The van der Waals surface area contributed by atoms with Crippen LogP contribution in [-0.2, 0) is 35.2 Å². The smallest absolute Gasteiger partial charge is 0.255 e. The highest BCUT2D eigenvalue weighted by atomic mass is 32.1. The van der Waals surface area contributed by atoms with Gasteiger partial charge in [-0.3, -0.25) is 34.3 Å². The fourth-order valence-corrected chi connectivity index (χ4v) is 7.24. The number of piperidine rings is 1. The van der Waals surface area contributed by atoms with E-state index in [2.05, 4.69) is 25.9 Å². The van der Waals surface area contributed by atoms with Gasteiger partial charge in [0.15, 0.2) is 0 Å². The molecule has 5 heterocycles. The topological polar surface area (TPSA) is 185 Å². The van der Waals surface area contributed by atoms with Crippen LogP contribution in [0.25, 0.3) is 32.0 Å². The number of amides is 5. The number of fused-ring (bicyclic) bond motifs is 2. The van der Waals surface area contributed by atoms with E-state index in [0.29, 0.717) is 22.5 Å². The lowest BCUT2D eigenvalue weighted by Crippen LogP contribution is -2.52. The van der Waals surface area contributed by atoms with E-state index >= 15 is 0 Å². The number of rotatable bonds is 14. The second-order valence-corrected chi connectivity index (χ2v) is 14.2. The molecule has 0 radical (unpaired) electrons. The molecule has 282 valence electrons. The first-order valence-corrected chi connectivity index (χ1v) is 18.5. The summed E-state index contributed by atoms with van der Waals surface area (Å²) in [6, 6.07) is 17.7. The predicted octanol–water partition coefficient (Wildman–Crippen LogP) is 4.25. The van der Waals surface area contributed by atoms with E-state index in [9.17, 15) is 24.0 Å². The Morgan fingerprint density at radius 2 is 1.65 bits per heavy atom. The maximum Gasteiger partial charge on any atom is 0.255 e. The fourth-order valence-electron chi connectivity index (χ4n) is 6.24. The van der Waals surface area contributed by atoms with E-state index in [1.165, 1.54) is 16.2 Å². The van der Waals surface area contributed by atoms with Crippen LogP contribution in [0, 0.1) is 0 Å². The molecule has 1 atom stereocenters. The second-order valence-electron chi connectivity index (χ2n) is 13.2. The van der Waals surface area contributed by atoms with Crippen LogP contribution >= 0.6 is 11.3 Å². The largest absolute Gasteiger partial charge is 0.379 e. The molecule has 0 aliphatic carbocycles. The Morgan fingerprint density at radius 3 is 2.42 bits per heavy atom. The van der Waals surface area contributed by atoms with Gasteiger partial charge in [-0.2, -0.15) is 0 Å². The van der Waals surface area contributed by atoms with Crippen molar-refractivity contribution in [1.29, 1.82) is 0 Å². The molecular formula is C39H38N8O7S. The normalized spacial score (nSPS) is 15.2. The van der Waals surface area contributed by atoms with Crippen molar-refractivity contribution in [1.82, 2.24) is 25.2 Å². The zero-order valence-electron chi connectivity index (χ0n) is 30.2. The summed E-state index contributed by atoms with van der Waals surface area (Å²) in [6.07, 6.45) is 4.20. The van der Waals surface area contributed by atoms with Crippen LogP contribution in [0.3, 0.4) is 0 Å². The standard InChI is InChI=1S/C39H38N8O7S/c1-46(2)33-11-4-23(19-41-33)29-8-3-24(20-40-29)38-44-30-9-6-27(18-32(30)55-38)42-35(49)13-14-53-15-16-54-22-36(50)43-26-5-7-28-25(17-26)21-47(39(28)52)31-10-12-34(48)45-37(31)51/h3-9,11,17-20,31H,10,12-16,21-22H2,1-2H3,(H,42,49)(H,43,50)(H,45,48,51). The van der Waals surface area contributed by atoms with Gasteiger partial charge in [-0.15, -0.1) is 11.3 Å². The first-order chi connectivity index (χ1) is 26.6. The van der Waals surface area contributed by atoms with Gasteiger partial charge in [0.25, 0.3) is 5.91 Å². The number of hydrogen-bond acceptors (Lipinski definition) is 12. The number of carbonyl (C=O) groups is 5. The van der Waals surface area contributed by atoms with Crippen LogP contribution in [0.1, 0.15) is 35.2 Å². The molecule has 3 aromatic heterocycles. The number of carbonyl (C=O) groups excluding carboxylic acids is 5. The maximum absolute atomic E-state index is 12.9. The lowest BCUT2D eigenvalue weighted by molar-refractivity contribution is -0.137. The summed E-state index contributed by atoms with van der Waals surface area (Å²) in [5.41, 5.74) is 5.76. The van der Waals surface area contributed by atoms with Gasteiger partial charge in [0.1, 0.15) is 23.5 Å². The summed E-state index contributed by atoms with van der Waals surface area (Å²) < 4.78 is 11.9. The number of aromatic nitrogens is 3. The average Bonchev–Trinajstić information content (AvgIpc) is 3.74. The van der Waals surface area contributed by atoms with Crippen LogP contribution < -0.4 is 20.9 Å². The van der Waals surface area contributed by atoms with E-state index in [4.69, 9.17) is 14.5 Å². The van der Waals surface area contributed by atoms with Gasteiger partial charge in [-0.05, 0) is 72.6 Å². The van der Waals surface area contributed by atoms with E-state index in [1.807, 2.05) is 67.7 Å². The molecule has 5 amide bonds. The number of hydrogen-bond donors (Lipinski definition) is 3. The van der Waals surface area contributed by atoms with Gasteiger partial charge in [0, 0.05) is 67.5 Å². The molecule has 5 aromatic rings. The molecule has 0 bridgehead atoms. The van der Waals surface area contributed by atoms with Crippen LogP contribution in [0.4, 0.5) is 17.2 Å². The van der Waals surface area contributed by atoms with Crippen molar-refractivity contribution >= 4 is 68.3 Å². The second kappa shape index (κ2) is 16.5. The highest BCUT2D eigenvalue weighted by Gasteiger charge is 2.39. The number of ether oxygens (including phenoxy) is 2. The number of imide groups is 1. The Hall–Kier alpha value is -6.10. The molecule has 1 saturated heterocycles. The molecule has 2 aromatic carbocycles. The monoisotopic (exact) mass is 762 g/mol. The fraction of sp³-hybridized carbons (Fsp3) is 0.282. The Bertz CT molecular complexity index is 2260. The van der Waals surface area contributed by atoms with Crippen molar-refractivity contribution in [2.45, 2.75) is 31.8 Å². The summed E-state index contributed by atoms with van der Waals surface area (Å²) in [5, 5.41) is 8.76. The van der Waals surface area contributed by atoms with E-state index in [1.54, 1.807) is 24.4 Å². The van der Waals surface area contributed by atoms with Gasteiger partial charge >= 0.3 is 0 Å². The van der Waals surface area contributed by atoms with Gasteiger partial charge in [0.05, 0.1) is 42.2 Å². The first-order valence-electron chi connectivity index (χ1n) is 17.6. The van der Waals surface area contributed by atoms with E-state index < -0.39 is 11.9 Å². The van der Waals surface area contributed by atoms with Crippen molar-refractivity contribution in [3.05, 3.63) is 84.2 Å². The highest BCUT2D eigenvalue weighted by Crippen LogP contribution is 2.33. The zero-order chi connectivity index (χ0) is 38.5. The number of nitrogens with zero attached hydrogens (tertiary/aromatic N) is 5. The Labute approximate surface area is 320 Å². The summed E-state index contributed by atoms with van der Waals surface area (Å²) in [5.74, 6) is -0.816. The molecular weight excluding hydrogens is 725 g/mol. The van der Waals surface area contributed by atoms with Crippen molar-refractivity contribution in [3.8, 4) is 21.8 Å². The van der Waals surface area contributed by atoms with Crippen molar-refractivity contribution < 1.29 is 33.4 Å². The first kappa shape index (κ1) is 37.2. The molecule has 0 saturated carbocycles. The lowest BCUT2D eigenvalue weighted by Gasteiger charge is -2.29. The number of thiazole rings is 1. The van der Waals surface area contributed by atoms with Crippen LogP contribution in [0.15, 0.2) is 73.1 Å². The maximum atomic E-state index is 12.9. The molecule has 3 N–H and O–H groups in total. The molecule has 1 unspecified atom stereocenters. The third-order valence-electron chi connectivity index (χ3n) is 9.07. The highest BCUT2D eigenvalue weighted by molar-refractivity contribution is 7.21. The summed E-state index contributed by atoms with van der Waals surface area (Å²) >= 11 is 1.52. The van der Waals surface area contributed by atoms with Gasteiger partial charge in [0.2, 0.25) is 23.6 Å². The SMILES string of the molecule is CN(C)c1ccc(-c2ccc(-c3nc4ccc(NC(=O)CCOCCOCC(=O)Nc5ccc6c(c5)CN(C5CCC(=O)NC5=O)C6=O)cc4s3)cn2)cn1. The van der Waals surface area contributed by atoms with Gasteiger partial charge < -0.3 is 29.9 Å². The van der Waals surface area contributed by atoms with E-state index in [-0.39, 0.29) is 75.9 Å². The minimum atomic E-state index is -0.708. The molecule has 55 heavy (non-hydrogen) atoms. The van der Waals surface area contributed by atoms with Crippen molar-refractivity contribution in [2.24, 2.45) is 0 Å². The molecule has 16 heteroatoms. The minimum absolute atomic E-state index is 0.139. The number of benzene rings is 2. The zero-order valence-corrected chi connectivity index (χ0v) is 31.0. The third-order valence-corrected chi connectivity index (χ3v) is 10.1. The van der Waals surface area contributed by atoms with Crippen LogP contribution in [0.2, 0.25) is 0 Å². The average molecular weight is 763 g/mol. The molecule has 7 rings (SSSR count). The van der Waals surface area contributed by atoms with Crippen molar-refractivity contribution in [2.75, 3.05) is 56.1 Å². The summed E-state index contributed by atoms with van der Waals surface area (Å²) in [7, 11) is 3.89. The summed E-state index contributed by atoms with van der Waals surface area (Å²) in [6.45, 7) is 0.520. The molecule has 2 aliphatic heterocycles. The minimum Gasteiger partial charge on any atom is -0.379 e. The third kappa shape index (κ3) is 8.83. The Kier molecular flexibility index (Phi) is 11.2. The number of nitrogens with one attached hydrogen (secondary N) is 3. The number of anilines is 3. The molecule has 1 fully saturated rings. The lowest BCUT2D eigenvalue weighted by atomic mass is 10.0. The Morgan fingerprint density at radius 1 is 0.891 bits per heavy atom. The van der Waals surface area contributed by atoms with Crippen molar-refractivity contribution in [3.63, 3.8) is 0 Å². The summed E-state index contributed by atoms with van der Waals surface area (Å²) in [4.78, 5) is 78.9. The molecule has 2 aliphatic rings. The van der Waals surface area contributed by atoms with Gasteiger partial charge in [-0.25, -0.2) is 9.97 Å². The predicted molar refractivity (Wildman–Crippen MR) is 206 cm³/mol. The molecule has 0 spiro atoms. The van der Waals surface area contributed by atoms with Gasteiger partial charge in [-0.1, -0.05) is 0 Å². The number of pyridine rings is 2. The van der Waals surface area contributed by atoms with E-state index in [0.717, 1.165) is 37.9 Å². The van der Waals surface area contributed by atoms with Crippen LogP contribution in [0.5, 0.6) is 0 Å². The Balaban J connectivity index is 0.800. The van der Waals surface area contributed by atoms with Crippen LogP contribution in [-0.4, -0.2) is 96.0 Å². The molecule has 15 nitrogen and oxygen atoms in total. The quantitative estimate of drug-likeness (QED) is 0.109.